The quantitative estimate of drug-likeness (QED) is 0.619. The summed E-state index contributed by atoms with van der Waals surface area (Å²) in [5, 5.41) is 17.9. The van der Waals surface area contributed by atoms with Gasteiger partial charge in [-0.1, -0.05) is 0 Å². The van der Waals surface area contributed by atoms with Crippen molar-refractivity contribution in [2.45, 2.75) is 26.8 Å². The molecule has 1 aromatic carbocycles. The number of piperazine rings is 1. The molecule has 1 atom stereocenters. The summed E-state index contributed by atoms with van der Waals surface area (Å²) >= 11 is 0. The van der Waals surface area contributed by atoms with E-state index in [0.717, 1.165) is 41.9 Å². The fourth-order valence-corrected chi connectivity index (χ4v) is 2.86. The van der Waals surface area contributed by atoms with Crippen LogP contribution in [0.15, 0.2) is 6.07 Å². The first-order valence-corrected chi connectivity index (χ1v) is 6.21. The molecule has 18 heavy (non-hydrogen) atoms. The third kappa shape index (κ3) is 2.23. The lowest BCUT2D eigenvalue weighted by Crippen LogP contribution is -2.43. The summed E-state index contributed by atoms with van der Waals surface area (Å²) in [4.78, 5) is 10.9. The summed E-state index contributed by atoms with van der Waals surface area (Å²) in [6.07, 6.45) is 0. The molecule has 1 aromatic rings. The van der Waals surface area contributed by atoms with Gasteiger partial charge in [0, 0.05) is 36.8 Å². The zero-order valence-electron chi connectivity index (χ0n) is 11.0. The SMILES string of the molecule is Cc1cc(C)c([N+](=O)[O-])c(C)c1[C@H]1CNCCN1. The first-order chi connectivity index (χ1) is 8.52. The lowest BCUT2D eigenvalue weighted by molar-refractivity contribution is -0.386. The fraction of sp³-hybridized carbons (Fsp3) is 0.538. The molecule has 0 bridgehead atoms. The van der Waals surface area contributed by atoms with E-state index in [1.807, 2.05) is 19.9 Å². The highest BCUT2D eigenvalue weighted by atomic mass is 16.6. The van der Waals surface area contributed by atoms with Crippen molar-refractivity contribution in [1.82, 2.24) is 10.6 Å². The van der Waals surface area contributed by atoms with E-state index in [0.29, 0.717) is 0 Å². The maximum atomic E-state index is 11.2. The third-order valence-corrected chi connectivity index (χ3v) is 3.56. The number of nitro benzene ring substituents is 1. The number of benzene rings is 1. The van der Waals surface area contributed by atoms with Crippen molar-refractivity contribution in [2.24, 2.45) is 0 Å². The monoisotopic (exact) mass is 249 g/mol. The van der Waals surface area contributed by atoms with Crippen LogP contribution < -0.4 is 10.6 Å². The first-order valence-electron chi connectivity index (χ1n) is 6.21. The lowest BCUT2D eigenvalue weighted by atomic mass is 9.91. The average molecular weight is 249 g/mol. The van der Waals surface area contributed by atoms with Gasteiger partial charge in [-0.3, -0.25) is 10.1 Å². The molecule has 1 heterocycles. The molecular weight excluding hydrogens is 230 g/mol. The van der Waals surface area contributed by atoms with Crippen LogP contribution in [0, 0.1) is 30.9 Å². The maximum absolute atomic E-state index is 11.2. The molecule has 0 aromatic heterocycles. The van der Waals surface area contributed by atoms with Crippen LogP contribution in [0.3, 0.4) is 0 Å². The normalized spacial score (nSPS) is 19.8. The highest BCUT2D eigenvalue weighted by Gasteiger charge is 2.25. The summed E-state index contributed by atoms with van der Waals surface area (Å²) in [5.41, 5.74) is 3.97. The van der Waals surface area contributed by atoms with Crippen LogP contribution in [0.4, 0.5) is 5.69 Å². The van der Waals surface area contributed by atoms with E-state index in [1.165, 1.54) is 0 Å². The Morgan fingerprint density at radius 2 is 2.00 bits per heavy atom. The highest BCUT2D eigenvalue weighted by Crippen LogP contribution is 2.32. The Kier molecular flexibility index (Phi) is 3.63. The molecule has 1 aliphatic heterocycles. The molecule has 5 heteroatoms. The van der Waals surface area contributed by atoms with Crippen molar-refractivity contribution < 1.29 is 4.92 Å². The van der Waals surface area contributed by atoms with E-state index in [4.69, 9.17) is 0 Å². The predicted molar refractivity (Wildman–Crippen MR) is 70.9 cm³/mol. The van der Waals surface area contributed by atoms with Gasteiger partial charge in [0.25, 0.3) is 5.69 Å². The summed E-state index contributed by atoms with van der Waals surface area (Å²) < 4.78 is 0. The zero-order valence-corrected chi connectivity index (χ0v) is 11.0. The molecule has 2 N–H and O–H groups in total. The number of hydrogen-bond acceptors (Lipinski definition) is 4. The van der Waals surface area contributed by atoms with Gasteiger partial charge in [0.15, 0.2) is 0 Å². The van der Waals surface area contributed by atoms with Crippen LogP contribution in [0.1, 0.15) is 28.3 Å². The van der Waals surface area contributed by atoms with E-state index in [9.17, 15) is 10.1 Å². The van der Waals surface area contributed by atoms with Crippen LogP contribution in [-0.2, 0) is 0 Å². The Labute approximate surface area is 107 Å². The number of aryl methyl sites for hydroxylation is 2. The van der Waals surface area contributed by atoms with Crippen molar-refractivity contribution in [3.63, 3.8) is 0 Å². The van der Waals surface area contributed by atoms with Crippen LogP contribution in [0.2, 0.25) is 0 Å². The Morgan fingerprint density at radius 3 is 2.56 bits per heavy atom. The van der Waals surface area contributed by atoms with Crippen LogP contribution in [0.5, 0.6) is 0 Å². The Bertz CT molecular complexity index is 480. The maximum Gasteiger partial charge on any atom is 0.275 e. The van der Waals surface area contributed by atoms with Crippen LogP contribution in [-0.4, -0.2) is 24.6 Å². The smallest absolute Gasteiger partial charge is 0.275 e. The number of hydrogen-bond donors (Lipinski definition) is 2. The molecule has 0 saturated carbocycles. The molecule has 0 spiro atoms. The van der Waals surface area contributed by atoms with Crippen molar-refractivity contribution in [2.75, 3.05) is 19.6 Å². The number of nitrogens with zero attached hydrogens (tertiary/aromatic N) is 1. The van der Waals surface area contributed by atoms with Crippen molar-refractivity contribution in [3.05, 3.63) is 38.4 Å². The van der Waals surface area contributed by atoms with Gasteiger partial charge in [-0.25, -0.2) is 0 Å². The molecule has 1 saturated heterocycles. The van der Waals surface area contributed by atoms with E-state index < -0.39 is 0 Å². The molecule has 1 aliphatic rings. The summed E-state index contributed by atoms with van der Waals surface area (Å²) in [5.74, 6) is 0. The topological polar surface area (TPSA) is 67.2 Å². The van der Waals surface area contributed by atoms with E-state index in [-0.39, 0.29) is 16.7 Å². The average Bonchev–Trinajstić information content (AvgIpc) is 2.28. The summed E-state index contributed by atoms with van der Waals surface area (Å²) in [7, 11) is 0. The summed E-state index contributed by atoms with van der Waals surface area (Å²) in [6.45, 7) is 8.34. The Balaban J connectivity index is 2.52. The molecule has 98 valence electrons. The molecule has 2 rings (SSSR count). The molecule has 1 fully saturated rings. The minimum atomic E-state index is -0.274. The lowest BCUT2D eigenvalue weighted by Gasteiger charge is -2.27. The number of nitro groups is 1. The molecular formula is C13H19N3O2. The van der Waals surface area contributed by atoms with Crippen molar-refractivity contribution >= 4 is 5.69 Å². The highest BCUT2D eigenvalue weighted by molar-refractivity contribution is 5.55. The van der Waals surface area contributed by atoms with Gasteiger partial charge in [0.2, 0.25) is 0 Å². The van der Waals surface area contributed by atoms with Gasteiger partial charge in [0.05, 0.1) is 4.92 Å². The van der Waals surface area contributed by atoms with Gasteiger partial charge >= 0.3 is 0 Å². The molecule has 0 radical (unpaired) electrons. The Morgan fingerprint density at radius 1 is 1.28 bits per heavy atom. The largest absolute Gasteiger partial charge is 0.314 e. The Hall–Kier alpha value is -1.46. The van der Waals surface area contributed by atoms with Gasteiger partial charge in [-0.05, 0) is 38.0 Å². The van der Waals surface area contributed by atoms with E-state index in [2.05, 4.69) is 10.6 Å². The molecule has 0 amide bonds. The second kappa shape index (κ2) is 5.04. The number of rotatable bonds is 2. The predicted octanol–water partition coefficient (Wildman–Crippen LogP) is 1.75. The second-order valence-corrected chi connectivity index (χ2v) is 4.87. The van der Waals surface area contributed by atoms with Crippen molar-refractivity contribution in [1.29, 1.82) is 0 Å². The van der Waals surface area contributed by atoms with Gasteiger partial charge in [0.1, 0.15) is 0 Å². The van der Waals surface area contributed by atoms with Gasteiger partial charge in [-0.15, -0.1) is 0 Å². The molecule has 0 aliphatic carbocycles. The molecule has 5 nitrogen and oxygen atoms in total. The molecule has 0 unspecified atom stereocenters. The van der Waals surface area contributed by atoms with Crippen LogP contribution >= 0.6 is 0 Å². The van der Waals surface area contributed by atoms with Gasteiger partial charge < -0.3 is 10.6 Å². The standard InChI is InChI=1S/C13H19N3O2/c1-8-6-9(2)13(16(17)18)10(3)12(8)11-7-14-4-5-15-11/h6,11,14-15H,4-5,7H2,1-3H3/t11-/m1/s1. The van der Waals surface area contributed by atoms with Crippen molar-refractivity contribution in [3.8, 4) is 0 Å². The minimum absolute atomic E-state index is 0.165. The van der Waals surface area contributed by atoms with Crippen LogP contribution in [0.25, 0.3) is 0 Å². The fourth-order valence-electron chi connectivity index (χ4n) is 2.86. The third-order valence-electron chi connectivity index (χ3n) is 3.56. The summed E-state index contributed by atoms with van der Waals surface area (Å²) in [6, 6.07) is 2.08. The van der Waals surface area contributed by atoms with E-state index in [1.54, 1.807) is 6.92 Å². The first kappa shape index (κ1) is 13.0. The number of nitrogens with one attached hydrogen (secondary N) is 2. The van der Waals surface area contributed by atoms with Gasteiger partial charge in [-0.2, -0.15) is 0 Å². The second-order valence-electron chi connectivity index (χ2n) is 4.87. The zero-order chi connectivity index (χ0) is 13.3. The van der Waals surface area contributed by atoms with E-state index >= 15 is 0 Å². The minimum Gasteiger partial charge on any atom is -0.314 e.